The first-order chi connectivity index (χ1) is 13.7. The Balaban J connectivity index is 1.86. The average molecular weight is 406 g/mol. The van der Waals surface area contributed by atoms with Gasteiger partial charge in [-0.15, -0.1) is 0 Å². The van der Waals surface area contributed by atoms with Gasteiger partial charge in [0.25, 0.3) is 5.91 Å². The lowest BCUT2D eigenvalue weighted by atomic mass is 10.0. The molecule has 1 aliphatic rings. The highest BCUT2D eigenvalue weighted by atomic mass is 16.6. The fraction of sp³-hybridized carbons (Fsp3) is 0.636. The van der Waals surface area contributed by atoms with Crippen LogP contribution in [-0.4, -0.2) is 66.7 Å². The quantitative estimate of drug-likeness (QED) is 0.755. The molecule has 1 saturated heterocycles. The van der Waals surface area contributed by atoms with E-state index >= 15 is 0 Å². The van der Waals surface area contributed by atoms with E-state index in [0.717, 1.165) is 38.2 Å². The molecule has 2 rings (SSSR count). The van der Waals surface area contributed by atoms with Crippen LogP contribution >= 0.6 is 0 Å². The summed E-state index contributed by atoms with van der Waals surface area (Å²) in [4.78, 5) is 27.7. The van der Waals surface area contributed by atoms with Crippen molar-refractivity contribution < 1.29 is 19.1 Å². The number of piperidine rings is 1. The van der Waals surface area contributed by atoms with Crippen molar-refractivity contribution in [1.29, 1.82) is 0 Å². The molecule has 0 atom stereocenters. The number of likely N-dealkylation sites (N-methyl/N-ethyl adjacent to an activating group) is 1. The largest absolute Gasteiger partial charge is 0.488 e. The van der Waals surface area contributed by atoms with E-state index in [1.807, 2.05) is 39.8 Å². The van der Waals surface area contributed by atoms with Gasteiger partial charge in [0.15, 0.2) is 6.61 Å². The molecule has 7 heteroatoms. The predicted molar refractivity (Wildman–Crippen MR) is 113 cm³/mol. The maximum Gasteiger partial charge on any atom is 0.410 e. The zero-order valence-corrected chi connectivity index (χ0v) is 18.4. The number of likely N-dealkylation sites (tertiary alicyclic amines) is 1. The highest BCUT2D eigenvalue weighted by molar-refractivity contribution is 5.79. The number of benzene rings is 1. The van der Waals surface area contributed by atoms with E-state index in [0.29, 0.717) is 6.54 Å². The lowest BCUT2D eigenvalue weighted by Crippen LogP contribution is -2.47. The summed E-state index contributed by atoms with van der Waals surface area (Å²) in [6.07, 6.45) is 1.36. The lowest BCUT2D eigenvalue weighted by Gasteiger charge is -2.37. The first kappa shape index (κ1) is 23.0. The summed E-state index contributed by atoms with van der Waals surface area (Å²) in [7, 11) is 1.52. The fourth-order valence-electron chi connectivity index (χ4n) is 3.53. The molecule has 1 aromatic carbocycles. The van der Waals surface area contributed by atoms with E-state index in [4.69, 9.17) is 9.47 Å². The molecular formula is C22H35N3O4. The molecular weight excluding hydrogens is 370 g/mol. The minimum absolute atomic E-state index is 0.143. The van der Waals surface area contributed by atoms with Crippen molar-refractivity contribution in [3.8, 4) is 5.75 Å². The molecule has 0 aromatic heterocycles. The topological polar surface area (TPSA) is 71.1 Å². The number of carbonyl (C=O) groups excluding carboxylic acids is 2. The third-order valence-corrected chi connectivity index (χ3v) is 4.91. The van der Waals surface area contributed by atoms with Crippen LogP contribution in [-0.2, 0) is 16.1 Å². The Labute approximate surface area is 174 Å². The van der Waals surface area contributed by atoms with Crippen LogP contribution in [0.15, 0.2) is 24.3 Å². The number of nitrogens with zero attached hydrogens (tertiary/aromatic N) is 2. The second kappa shape index (κ2) is 10.5. The monoisotopic (exact) mass is 405 g/mol. The first-order valence-electron chi connectivity index (χ1n) is 10.4. The smallest absolute Gasteiger partial charge is 0.410 e. The van der Waals surface area contributed by atoms with E-state index in [1.54, 1.807) is 4.90 Å². The number of hydrogen-bond acceptors (Lipinski definition) is 5. The number of rotatable bonds is 7. The molecule has 2 amide bonds. The fourth-order valence-corrected chi connectivity index (χ4v) is 3.53. The number of amides is 2. The number of carbonyl (C=O) groups is 2. The van der Waals surface area contributed by atoms with E-state index in [1.165, 1.54) is 12.6 Å². The molecule has 1 aliphatic heterocycles. The molecule has 0 radical (unpaired) electrons. The van der Waals surface area contributed by atoms with Crippen molar-refractivity contribution in [2.45, 2.75) is 58.7 Å². The number of hydrogen-bond donors (Lipinski definition) is 1. The van der Waals surface area contributed by atoms with Gasteiger partial charge in [-0.1, -0.05) is 12.1 Å². The molecule has 0 saturated carbocycles. The van der Waals surface area contributed by atoms with Gasteiger partial charge in [-0.2, -0.15) is 0 Å². The summed E-state index contributed by atoms with van der Waals surface area (Å²) in [5.74, 6) is 0.586. The van der Waals surface area contributed by atoms with Crippen LogP contribution in [0.4, 0.5) is 4.79 Å². The van der Waals surface area contributed by atoms with Gasteiger partial charge in [0, 0.05) is 39.3 Å². The molecule has 1 heterocycles. The van der Waals surface area contributed by atoms with Crippen molar-refractivity contribution >= 4 is 12.0 Å². The first-order valence-corrected chi connectivity index (χ1v) is 10.4. The maximum atomic E-state index is 12.3. The minimum atomic E-state index is -0.415. The third kappa shape index (κ3) is 7.57. The molecule has 0 bridgehead atoms. The molecule has 7 nitrogen and oxygen atoms in total. The summed E-state index contributed by atoms with van der Waals surface area (Å²) in [5.41, 5.74) is 1.01. The van der Waals surface area contributed by atoms with Gasteiger partial charge in [-0.3, -0.25) is 9.69 Å². The van der Waals surface area contributed by atoms with Gasteiger partial charge in [0.1, 0.15) is 11.4 Å². The Bertz CT molecular complexity index is 679. The summed E-state index contributed by atoms with van der Waals surface area (Å²) in [6, 6.07) is 8.39. The van der Waals surface area contributed by atoms with Crippen LogP contribution in [0.2, 0.25) is 0 Å². The molecule has 1 N–H and O–H groups in total. The SMILES string of the molecule is CCN(C(=O)OCC(=O)NC)C1CCN(Cc2cccc(OC(C)(C)C)c2)CC1. The van der Waals surface area contributed by atoms with Gasteiger partial charge >= 0.3 is 6.09 Å². The zero-order chi connectivity index (χ0) is 21.4. The van der Waals surface area contributed by atoms with Crippen LogP contribution < -0.4 is 10.1 Å². The second-order valence-corrected chi connectivity index (χ2v) is 8.38. The van der Waals surface area contributed by atoms with E-state index in [2.05, 4.69) is 22.3 Å². The second-order valence-electron chi connectivity index (χ2n) is 8.38. The average Bonchev–Trinajstić information content (AvgIpc) is 2.67. The molecule has 0 aliphatic carbocycles. The van der Waals surface area contributed by atoms with Gasteiger partial charge in [0.2, 0.25) is 0 Å². The molecule has 29 heavy (non-hydrogen) atoms. The van der Waals surface area contributed by atoms with Crippen LogP contribution in [0.3, 0.4) is 0 Å². The van der Waals surface area contributed by atoms with Gasteiger partial charge < -0.3 is 19.7 Å². The van der Waals surface area contributed by atoms with Crippen LogP contribution in [0.1, 0.15) is 46.1 Å². The lowest BCUT2D eigenvalue weighted by molar-refractivity contribution is -0.123. The molecule has 1 aromatic rings. The van der Waals surface area contributed by atoms with Gasteiger partial charge in [-0.05, 0) is 58.2 Å². The van der Waals surface area contributed by atoms with Crippen molar-refractivity contribution in [2.24, 2.45) is 0 Å². The molecule has 162 valence electrons. The van der Waals surface area contributed by atoms with Crippen molar-refractivity contribution in [2.75, 3.05) is 33.3 Å². The van der Waals surface area contributed by atoms with Gasteiger partial charge in [-0.25, -0.2) is 4.79 Å². The van der Waals surface area contributed by atoms with E-state index in [9.17, 15) is 9.59 Å². The van der Waals surface area contributed by atoms with E-state index < -0.39 is 6.09 Å². The molecule has 0 spiro atoms. The summed E-state index contributed by atoms with van der Waals surface area (Å²) in [5, 5.41) is 2.45. The Morgan fingerprint density at radius 2 is 1.93 bits per heavy atom. The van der Waals surface area contributed by atoms with Crippen LogP contribution in [0, 0.1) is 0 Å². The maximum absolute atomic E-state index is 12.3. The van der Waals surface area contributed by atoms with E-state index in [-0.39, 0.29) is 24.2 Å². The summed E-state index contributed by atoms with van der Waals surface area (Å²) >= 11 is 0. The summed E-state index contributed by atoms with van der Waals surface area (Å²) in [6.45, 7) is 11.1. The Hall–Kier alpha value is -2.28. The highest BCUT2D eigenvalue weighted by Crippen LogP contribution is 2.23. The summed E-state index contributed by atoms with van der Waals surface area (Å²) < 4.78 is 11.1. The standard InChI is InChI=1S/C22H35N3O4/c1-6-25(21(27)28-16-20(26)23-5)18-10-12-24(13-11-18)15-17-8-7-9-19(14-17)29-22(2,3)4/h7-9,14,18H,6,10-13,15-16H2,1-5H3,(H,23,26). The molecule has 1 fully saturated rings. The Kier molecular flexibility index (Phi) is 8.32. The van der Waals surface area contributed by atoms with Crippen LogP contribution in [0.25, 0.3) is 0 Å². The number of nitrogens with one attached hydrogen (secondary N) is 1. The van der Waals surface area contributed by atoms with Crippen LogP contribution in [0.5, 0.6) is 5.75 Å². The minimum Gasteiger partial charge on any atom is -0.488 e. The Morgan fingerprint density at radius 1 is 1.24 bits per heavy atom. The third-order valence-electron chi connectivity index (χ3n) is 4.91. The number of ether oxygens (including phenoxy) is 2. The normalized spacial score (nSPS) is 15.6. The van der Waals surface area contributed by atoms with Crippen molar-refractivity contribution in [3.05, 3.63) is 29.8 Å². The predicted octanol–water partition coefficient (Wildman–Crippen LogP) is 3.03. The van der Waals surface area contributed by atoms with Crippen molar-refractivity contribution in [1.82, 2.24) is 15.1 Å². The zero-order valence-electron chi connectivity index (χ0n) is 18.4. The van der Waals surface area contributed by atoms with Gasteiger partial charge in [0.05, 0.1) is 0 Å². The highest BCUT2D eigenvalue weighted by Gasteiger charge is 2.28. The Morgan fingerprint density at radius 3 is 2.52 bits per heavy atom. The molecule has 0 unspecified atom stereocenters. The van der Waals surface area contributed by atoms with Crippen molar-refractivity contribution in [3.63, 3.8) is 0 Å².